The summed E-state index contributed by atoms with van der Waals surface area (Å²) in [6, 6.07) is 65.5. The first-order chi connectivity index (χ1) is 22.8. The lowest BCUT2D eigenvalue weighted by Crippen LogP contribution is -1.91. The minimum atomic E-state index is 1.18. The van der Waals surface area contributed by atoms with Crippen molar-refractivity contribution in [3.63, 3.8) is 0 Å². The molecule has 0 spiro atoms. The van der Waals surface area contributed by atoms with Gasteiger partial charge in [0.25, 0.3) is 0 Å². The van der Waals surface area contributed by atoms with Gasteiger partial charge in [0.15, 0.2) is 0 Å². The molecule has 0 aliphatic rings. The maximum Gasteiger partial charge on any atom is -0.00264 e. The second-order valence-electron chi connectivity index (χ2n) is 11.7. The molecule has 8 rings (SSSR count). The van der Waals surface area contributed by atoms with E-state index in [0.29, 0.717) is 0 Å². The highest BCUT2D eigenvalue weighted by Crippen LogP contribution is 2.43. The number of rotatable bonds is 6. The van der Waals surface area contributed by atoms with Gasteiger partial charge in [0.05, 0.1) is 0 Å². The minimum Gasteiger partial charge on any atom is -0.0622 e. The number of benzene rings is 8. The van der Waals surface area contributed by atoms with E-state index in [1.807, 2.05) is 0 Å². The predicted octanol–water partition coefficient (Wildman–Crippen LogP) is 12.8. The molecule has 0 N–H and O–H groups in total. The summed E-state index contributed by atoms with van der Waals surface area (Å²) in [4.78, 5) is 0. The van der Waals surface area contributed by atoms with Gasteiger partial charge in [-0.3, -0.25) is 0 Å². The van der Waals surface area contributed by atoms with Crippen molar-refractivity contribution >= 4 is 33.7 Å². The van der Waals surface area contributed by atoms with Crippen LogP contribution in [-0.4, -0.2) is 0 Å². The van der Waals surface area contributed by atoms with Gasteiger partial charge < -0.3 is 0 Å². The third kappa shape index (κ3) is 5.31. The van der Waals surface area contributed by atoms with Crippen molar-refractivity contribution in [3.05, 3.63) is 193 Å². The van der Waals surface area contributed by atoms with E-state index in [1.54, 1.807) is 0 Å². The van der Waals surface area contributed by atoms with Gasteiger partial charge in [0, 0.05) is 0 Å². The van der Waals surface area contributed by atoms with Crippen LogP contribution in [0.2, 0.25) is 0 Å². The molecule has 0 radical (unpaired) electrons. The molecule has 8 aromatic carbocycles. The first-order valence-electron chi connectivity index (χ1n) is 15.9. The summed E-state index contributed by atoms with van der Waals surface area (Å²) in [6.07, 6.45) is 4.38. The molecule has 0 unspecified atom stereocenters. The maximum atomic E-state index is 2.27. The fourth-order valence-corrected chi connectivity index (χ4v) is 6.58. The molecular formula is C46H32. The molecule has 46 heavy (non-hydrogen) atoms. The van der Waals surface area contributed by atoms with Crippen LogP contribution in [0.5, 0.6) is 0 Å². The molecule has 0 aliphatic carbocycles. The van der Waals surface area contributed by atoms with Crippen molar-refractivity contribution in [1.82, 2.24) is 0 Å². The summed E-state index contributed by atoms with van der Waals surface area (Å²) in [5, 5.41) is 5.08. The van der Waals surface area contributed by atoms with Crippen LogP contribution < -0.4 is 0 Å². The first kappa shape index (κ1) is 27.6. The third-order valence-electron chi connectivity index (χ3n) is 8.90. The lowest BCUT2D eigenvalue weighted by Gasteiger charge is -2.18. The Morgan fingerprint density at radius 1 is 0.217 bits per heavy atom. The molecule has 0 saturated carbocycles. The van der Waals surface area contributed by atoms with Gasteiger partial charge in [0.2, 0.25) is 0 Å². The Morgan fingerprint density at radius 2 is 0.478 bits per heavy atom. The van der Waals surface area contributed by atoms with Gasteiger partial charge in [-0.25, -0.2) is 0 Å². The van der Waals surface area contributed by atoms with E-state index in [9.17, 15) is 0 Å². The second kappa shape index (κ2) is 12.2. The van der Waals surface area contributed by atoms with Crippen LogP contribution in [0.25, 0.3) is 78.2 Å². The van der Waals surface area contributed by atoms with Crippen molar-refractivity contribution in [1.29, 1.82) is 0 Å². The fourth-order valence-electron chi connectivity index (χ4n) is 6.58. The van der Waals surface area contributed by atoms with Gasteiger partial charge in [-0.15, -0.1) is 0 Å². The zero-order chi connectivity index (χ0) is 30.7. The second-order valence-corrected chi connectivity index (χ2v) is 11.7. The van der Waals surface area contributed by atoms with E-state index in [4.69, 9.17) is 0 Å². The van der Waals surface area contributed by atoms with Crippen molar-refractivity contribution in [2.45, 2.75) is 0 Å². The van der Waals surface area contributed by atoms with Crippen LogP contribution in [0.15, 0.2) is 182 Å². The Balaban J connectivity index is 1.15. The molecular weight excluding hydrogens is 553 g/mol. The Hall–Kier alpha value is -5.98. The van der Waals surface area contributed by atoms with Crippen LogP contribution in [-0.2, 0) is 0 Å². The van der Waals surface area contributed by atoms with Crippen LogP contribution >= 0.6 is 0 Å². The van der Waals surface area contributed by atoms with Crippen LogP contribution in [0.3, 0.4) is 0 Å². The molecule has 8 aromatic rings. The van der Waals surface area contributed by atoms with E-state index in [2.05, 4.69) is 194 Å². The van der Waals surface area contributed by atoms with Crippen LogP contribution in [0.1, 0.15) is 11.1 Å². The molecule has 0 bridgehead atoms. The monoisotopic (exact) mass is 584 g/mol. The fraction of sp³-hybridized carbons (Fsp3) is 0. The summed E-state index contributed by atoms with van der Waals surface area (Å²) in [7, 11) is 0. The largest absolute Gasteiger partial charge is 0.0622 e. The highest BCUT2D eigenvalue weighted by molar-refractivity contribution is 6.21. The van der Waals surface area contributed by atoms with E-state index in [-0.39, 0.29) is 0 Å². The summed E-state index contributed by atoms with van der Waals surface area (Å²) < 4.78 is 0. The zero-order valence-corrected chi connectivity index (χ0v) is 25.5. The van der Waals surface area contributed by atoms with Gasteiger partial charge in [-0.05, 0) is 77.2 Å². The highest BCUT2D eigenvalue weighted by atomic mass is 14.2. The summed E-state index contributed by atoms with van der Waals surface area (Å²) >= 11 is 0. The molecule has 0 amide bonds. The molecule has 0 fully saturated rings. The molecule has 0 heterocycles. The highest BCUT2D eigenvalue weighted by Gasteiger charge is 2.16. The molecule has 0 aromatic heterocycles. The third-order valence-corrected chi connectivity index (χ3v) is 8.90. The van der Waals surface area contributed by atoms with E-state index < -0.39 is 0 Å². The van der Waals surface area contributed by atoms with Gasteiger partial charge in [-0.1, -0.05) is 194 Å². The molecule has 0 heteroatoms. The first-order valence-corrected chi connectivity index (χ1v) is 15.9. The summed E-state index contributed by atoms with van der Waals surface area (Å²) in [5.74, 6) is 0. The lowest BCUT2D eigenvalue weighted by molar-refractivity contribution is 1.60. The molecule has 0 aliphatic heterocycles. The SMILES string of the molecule is C(=C\c1ccc(-c2c3ccccc3c(-c3ccc(-c4ccccc4)cc3)c3ccccc23)cc1)/c1ccc(-c2ccccc2)cc1. The lowest BCUT2D eigenvalue weighted by atomic mass is 9.85. The molecule has 0 nitrogen and oxygen atoms in total. The topological polar surface area (TPSA) is 0 Å². The Bertz CT molecular complexity index is 2230. The summed E-state index contributed by atoms with van der Waals surface area (Å²) in [6.45, 7) is 0. The molecule has 216 valence electrons. The van der Waals surface area contributed by atoms with Gasteiger partial charge in [-0.2, -0.15) is 0 Å². The number of fused-ring (bicyclic) bond motifs is 2. The van der Waals surface area contributed by atoms with Crippen molar-refractivity contribution in [2.75, 3.05) is 0 Å². The van der Waals surface area contributed by atoms with E-state index >= 15 is 0 Å². The van der Waals surface area contributed by atoms with Gasteiger partial charge >= 0.3 is 0 Å². The van der Waals surface area contributed by atoms with Crippen molar-refractivity contribution in [3.8, 4) is 44.5 Å². The van der Waals surface area contributed by atoms with E-state index in [1.165, 1.54) is 77.2 Å². The van der Waals surface area contributed by atoms with Crippen LogP contribution in [0.4, 0.5) is 0 Å². The zero-order valence-electron chi connectivity index (χ0n) is 25.5. The number of hydrogen-bond donors (Lipinski definition) is 0. The number of hydrogen-bond acceptors (Lipinski definition) is 0. The predicted molar refractivity (Wildman–Crippen MR) is 199 cm³/mol. The average Bonchev–Trinajstić information content (AvgIpc) is 3.14. The Kier molecular flexibility index (Phi) is 7.30. The smallest absolute Gasteiger partial charge is 0.00264 e. The molecule has 0 saturated heterocycles. The maximum absolute atomic E-state index is 2.27. The normalized spacial score (nSPS) is 11.4. The van der Waals surface area contributed by atoms with Crippen molar-refractivity contribution in [2.24, 2.45) is 0 Å². The molecule has 0 atom stereocenters. The Morgan fingerprint density at radius 3 is 0.848 bits per heavy atom. The summed E-state index contributed by atoms with van der Waals surface area (Å²) in [5.41, 5.74) is 12.3. The Labute approximate surface area is 270 Å². The van der Waals surface area contributed by atoms with E-state index in [0.717, 1.165) is 0 Å². The average molecular weight is 585 g/mol. The van der Waals surface area contributed by atoms with Crippen molar-refractivity contribution < 1.29 is 0 Å². The standard InChI is InChI=1S/C46H32/c1-3-11-35(12-4-1)37-25-21-33(22-26-37)19-20-34-23-27-39(28-24-34)45-41-15-7-9-17-43(41)46(44-18-10-8-16-42(44)45)40-31-29-38(30-32-40)36-13-5-2-6-14-36/h1-32H/b20-19+. The van der Waals surface area contributed by atoms with Crippen LogP contribution in [0, 0.1) is 0 Å². The quantitative estimate of drug-likeness (QED) is 0.135. The van der Waals surface area contributed by atoms with Gasteiger partial charge in [0.1, 0.15) is 0 Å². The minimum absolute atomic E-state index is 1.18.